The number of rotatable bonds is 1. The van der Waals surface area contributed by atoms with Gasteiger partial charge in [0.15, 0.2) is 11.6 Å². The first-order valence-electron chi connectivity index (χ1n) is 4.82. The monoisotopic (exact) mass is 240 g/mol. The zero-order chi connectivity index (χ0) is 12.6. The molecule has 0 radical (unpaired) electrons. The van der Waals surface area contributed by atoms with E-state index in [1.807, 2.05) is 0 Å². The van der Waals surface area contributed by atoms with E-state index in [-0.39, 0.29) is 5.56 Å². The summed E-state index contributed by atoms with van der Waals surface area (Å²) in [5.41, 5.74) is -0.776. The summed E-state index contributed by atoms with van der Waals surface area (Å²) in [6, 6.07) is 4.29. The van der Waals surface area contributed by atoms with Gasteiger partial charge in [0.25, 0.3) is 0 Å². The van der Waals surface area contributed by atoms with Crippen molar-refractivity contribution in [3.05, 3.63) is 47.5 Å². The Labute approximate surface area is 94.7 Å². The largest absolute Gasteiger partial charge is 0.416 e. The second-order valence-corrected chi connectivity index (χ2v) is 3.69. The quantitative estimate of drug-likeness (QED) is 0.707. The van der Waals surface area contributed by atoms with Crippen molar-refractivity contribution in [3.8, 4) is 0 Å². The van der Waals surface area contributed by atoms with E-state index < -0.39 is 29.2 Å². The molecule has 88 valence electrons. The Morgan fingerprint density at radius 3 is 2.12 bits per heavy atom. The fourth-order valence-electron chi connectivity index (χ4n) is 1.72. The van der Waals surface area contributed by atoms with Crippen LogP contribution in [0.25, 0.3) is 0 Å². The van der Waals surface area contributed by atoms with E-state index in [2.05, 4.69) is 0 Å². The minimum Gasteiger partial charge on any atom is -0.294 e. The number of alkyl halides is 3. The molecule has 1 aliphatic carbocycles. The number of allylic oxidation sites excluding steroid dienone is 2. The zero-order valence-corrected chi connectivity index (χ0v) is 8.49. The highest BCUT2D eigenvalue weighted by atomic mass is 19.4. The van der Waals surface area contributed by atoms with E-state index in [4.69, 9.17) is 0 Å². The molecule has 17 heavy (non-hydrogen) atoms. The van der Waals surface area contributed by atoms with Crippen molar-refractivity contribution < 1.29 is 22.8 Å². The van der Waals surface area contributed by atoms with Gasteiger partial charge >= 0.3 is 6.18 Å². The lowest BCUT2D eigenvalue weighted by atomic mass is 9.93. The highest BCUT2D eigenvalue weighted by Crippen LogP contribution is 2.32. The van der Waals surface area contributed by atoms with Crippen LogP contribution in [-0.2, 0) is 15.8 Å². The first-order valence-corrected chi connectivity index (χ1v) is 4.82. The highest BCUT2D eigenvalue weighted by molar-refractivity contribution is 6.22. The molecule has 0 aliphatic heterocycles. The van der Waals surface area contributed by atoms with E-state index in [0.29, 0.717) is 0 Å². The van der Waals surface area contributed by atoms with Crippen molar-refractivity contribution >= 4 is 11.6 Å². The van der Waals surface area contributed by atoms with Gasteiger partial charge in [-0.3, -0.25) is 9.59 Å². The van der Waals surface area contributed by atoms with Gasteiger partial charge in [0, 0.05) is 0 Å². The minimum atomic E-state index is -4.48. The van der Waals surface area contributed by atoms with Gasteiger partial charge in [0.1, 0.15) is 5.92 Å². The van der Waals surface area contributed by atoms with Crippen LogP contribution >= 0.6 is 0 Å². The van der Waals surface area contributed by atoms with Gasteiger partial charge in [-0.2, -0.15) is 13.2 Å². The third-order valence-electron chi connectivity index (χ3n) is 2.53. The topological polar surface area (TPSA) is 34.1 Å². The van der Waals surface area contributed by atoms with Gasteiger partial charge < -0.3 is 0 Å². The van der Waals surface area contributed by atoms with E-state index in [1.165, 1.54) is 12.1 Å². The highest BCUT2D eigenvalue weighted by Gasteiger charge is 2.34. The standard InChI is InChI=1S/C12H7F3O2/c13-12(14,15)8-3-1-2-7(6-8)11-9(16)4-5-10(11)17/h1-6,11H. The van der Waals surface area contributed by atoms with Crippen LogP contribution in [0.1, 0.15) is 17.0 Å². The van der Waals surface area contributed by atoms with Gasteiger partial charge in [0.05, 0.1) is 5.56 Å². The van der Waals surface area contributed by atoms with E-state index in [0.717, 1.165) is 24.3 Å². The second kappa shape index (κ2) is 3.84. The van der Waals surface area contributed by atoms with Crippen molar-refractivity contribution in [3.63, 3.8) is 0 Å². The van der Waals surface area contributed by atoms with Crippen LogP contribution in [0.5, 0.6) is 0 Å². The van der Waals surface area contributed by atoms with Gasteiger partial charge in [-0.05, 0) is 23.8 Å². The number of hydrogen-bond donors (Lipinski definition) is 0. The molecule has 5 heteroatoms. The zero-order valence-electron chi connectivity index (χ0n) is 8.49. The molecule has 2 nitrogen and oxygen atoms in total. The summed E-state index contributed by atoms with van der Waals surface area (Å²) in [6.45, 7) is 0. The molecule has 0 heterocycles. The molecule has 0 saturated heterocycles. The minimum absolute atomic E-state index is 0.0832. The average molecular weight is 240 g/mol. The number of ketones is 2. The molecule has 0 aromatic heterocycles. The van der Waals surface area contributed by atoms with Crippen LogP contribution in [0.4, 0.5) is 13.2 Å². The lowest BCUT2D eigenvalue weighted by Gasteiger charge is -2.11. The Morgan fingerprint density at radius 1 is 1.00 bits per heavy atom. The van der Waals surface area contributed by atoms with Crippen LogP contribution in [0.15, 0.2) is 36.4 Å². The lowest BCUT2D eigenvalue weighted by Crippen LogP contribution is -2.14. The average Bonchev–Trinajstić information content (AvgIpc) is 2.57. The first kappa shape index (κ1) is 11.6. The molecule has 2 rings (SSSR count). The number of hydrogen-bond acceptors (Lipinski definition) is 2. The van der Waals surface area contributed by atoms with Crippen molar-refractivity contribution in [1.82, 2.24) is 0 Å². The van der Waals surface area contributed by atoms with Crippen molar-refractivity contribution in [2.24, 2.45) is 0 Å². The summed E-state index contributed by atoms with van der Waals surface area (Å²) in [4.78, 5) is 22.7. The van der Waals surface area contributed by atoms with Gasteiger partial charge in [0.2, 0.25) is 0 Å². The predicted molar refractivity (Wildman–Crippen MR) is 53.3 cm³/mol. The molecule has 0 atom stereocenters. The molecule has 0 N–H and O–H groups in total. The van der Waals surface area contributed by atoms with Crippen molar-refractivity contribution in [2.75, 3.05) is 0 Å². The maximum atomic E-state index is 12.5. The third-order valence-corrected chi connectivity index (χ3v) is 2.53. The Kier molecular flexibility index (Phi) is 2.61. The summed E-state index contributed by atoms with van der Waals surface area (Å²) in [5, 5.41) is 0. The first-order chi connectivity index (χ1) is 7.89. The number of benzene rings is 1. The van der Waals surface area contributed by atoms with Crippen LogP contribution in [-0.4, -0.2) is 11.6 Å². The predicted octanol–water partition coefficient (Wildman–Crippen LogP) is 2.50. The Bertz CT molecular complexity index is 497. The summed E-state index contributed by atoms with van der Waals surface area (Å²) < 4.78 is 37.4. The Hall–Kier alpha value is -1.91. The smallest absolute Gasteiger partial charge is 0.294 e. The van der Waals surface area contributed by atoms with Crippen molar-refractivity contribution in [2.45, 2.75) is 12.1 Å². The van der Waals surface area contributed by atoms with Gasteiger partial charge in [-0.25, -0.2) is 0 Å². The number of carbonyl (C=O) groups excluding carboxylic acids is 2. The summed E-state index contributed by atoms with van der Waals surface area (Å²) >= 11 is 0. The molecule has 0 bridgehead atoms. The molecule has 1 aromatic carbocycles. The summed E-state index contributed by atoms with van der Waals surface area (Å²) in [5.74, 6) is -2.07. The van der Waals surface area contributed by atoms with Crippen LogP contribution in [0.2, 0.25) is 0 Å². The molecule has 0 saturated carbocycles. The van der Waals surface area contributed by atoms with E-state index in [1.54, 1.807) is 0 Å². The Morgan fingerprint density at radius 2 is 1.59 bits per heavy atom. The van der Waals surface area contributed by atoms with Crippen LogP contribution in [0.3, 0.4) is 0 Å². The number of carbonyl (C=O) groups is 2. The van der Waals surface area contributed by atoms with Gasteiger partial charge in [-0.15, -0.1) is 0 Å². The van der Waals surface area contributed by atoms with E-state index >= 15 is 0 Å². The molecule has 0 amide bonds. The van der Waals surface area contributed by atoms with Gasteiger partial charge in [-0.1, -0.05) is 18.2 Å². The molecule has 1 aliphatic rings. The van der Waals surface area contributed by atoms with Crippen LogP contribution < -0.4 is 0 Å². The number of halogens is 3. The maximum absolute atomic E-state index is 12.5. The summed E-state index contributed by atoms with van der Waals surface area (Å²) in [6.07, 6.45) is -2.30. The second-order valence-electron chi connectivity index (χ2n) is 3.69. The normalized spacial score (nSPS) is 16.9. The van der Waals surface area contributed by atoms with Crippen LogP contribution in [0, 0.1) is 0 Å². The fraction of sp³-hybridized carbons (Fsp3) is 0.167. The fourth-order valence-corrected chi connectivity index (χ4v) is 1.72. The summed E-state index contributed by atoms with van der Waals surface area (Å²) in [7, 11) is 0. The molecular formula is C12H7F3O2. The Balaban J connectivity index is 2.41. The molecule has 0 unspecified atom stereocenters. The maximum Gasteiger partial charge on any atom is 0.416 e. The SMILES string of the molecule is O=C1C=CC(=O)C1c1cccc(C(F)(F)F)c1. The van der Waals surface area contributed by atoms with E-state index in [9.17, 15) is 22.8 Å². The molecule has 0 fully saturated rings. The third kappa shape index (κ3) is 2.13. The molecule has 1 aromatic rings. The molecular weight excluding hydrogens is 233 g/mol. The molecule has 0 spiro atoms. The lowest BCUT2D eigenvalue weighted by molar-refractivity contribution is -0.138. The van der Waals surface area contributed by atoms with Crippen molar-refractivity contribution in [1.29, 1.82) is 0 Å².